The molecular weight excluding hydrogens is 356 g/mol. The molecule has 1 atom stereocenters. The number of hydrogen-bond donors (Lipinski definition) is 1. The summed E-state index contributed by atoms with van der Waals surface area (Å²) < 4.78 is 30.2. The predicted molar refractivity (Wildman–Crippen MR) is 99.7 cm³/mol. The quantitative estimate of drug-likeness (QED) is 0.756. The van der Waals surface area contributed by atoms with Gasteiger partial charge in [-0.2, -0.15) is 0 Å². The van der Waals surface area contributed by atoms with Crippen LogP contribution < -0.4 is 9.62 Å². The van der Waals surface area contributed by atoms with Crippen molar-refractivity contribution in [1.82, 2.24) is 5.32 Å². The molecule has 2 rings (SSSR count). The van der Waals surface area contributed by atoms with Gasteiger partial charge in [-0.1, -0.05) is 13.8 Å². The molecule has 1 amide bonds. The number of ether oxygens (including phenoxy) is 1. The summed E-state index contributed by atoms with van der Waals surface area (Å²) in [6, 6.07) is 4.78. The fraction of sp³-hybridized carbons (Fsp3) is 0.556. The molecule has 0 aliphatic carbocycles. The number of fused-ring (bicyclic) bond motifs is 1. The summed E-state index contributed by atoms with van der Waals surface area (Å²) in [6.45, 7) is 5.96. The molecule has 0 spiro atoms. The van der Waals surface area contributed by atoms with E-state index in [9.17, 15) is 18.0 Å². The number of nitrogens with zero attached hydrogens (tertiary/aromatic N) is 1. The first-order chi connectivity index (χ1) is 12.1. The average molecular weight is 382 g/mol. The van der Waals surface area contributed by atoms with Gasteiger partial charge in [-0.25, -0.2) is 13.2 Å². The monoisotopic (exact) mass is 382 g/mol. The third-order valence-corrected chi connectivity index (χ3v) is 5.69. The first-order valence-electron chi connectivity index (χ1n) is 8.66. The topological polar surface area (TPSA) is 92.8 Å². The van der Waals surface area contributed by atoms with Crippen LogP contribution in [0.15, 0.2) is 18.2 Å². The minimum Gasteiger partial charge on any atom is -0.452 e. The summed E-state index contributed by atoms with van der Waals surface area (Å²) in [7, 11) is -3.35. The summed E-state index contributed by atoms with van der Waals surface area (Å²) in [5, 5.41) is 2.77. The van der Waals surface area contributed by atoms with Crippen LogP contribution in [0.3, 0.4) is 0 Å². The molecule has 1 aromatic rings. The Balaban J connectivity index is 2.04. The highest BCUT2D eigenvalue weighted by Crippen LogP contribution is 2.30. The average Bonchev–Trinajstić information content (AvgIpc) is 2.57. The maximum atomic E-state index is 12.2. The van der Waals surface area contributed by atoms with E-state index in [-0.39, 0.29) is 24.5 Å². The molecule has 144 valence electrons. The zero-order valence-corrected chi connectivity index (χ0v) is 16.4. The van der Waals surface area contributed by atoms with Crippen molar-refractivity contribution in [2.24, 2.45) is 5.92 Å². The van der Waals surface area contributed by atoms with E-state index in [1.165, 1.54) is 16.6 Å². The minimum absolute atomic E-state index is 0.00748. The second-order valence-electron chi connectivity index (χ2n) is 6.96. The second kappa shape index (κ2) is 8.07. The SMILES string of the molecule is CC(C)[C@H](C)NC(=O)COC(=O)c1ccc2c(c1)CCCN2S(C)(=O)=O. The van der Waals surface area contributed by atoms with E-state index in [0.29, 0.717) is 30.6 Å². The molecule has 8 heteroatoms. The van der Waals surface area contributed by atoms with Gasteiger partial charge in [0.2, 0.25) is 10.0 Å². The standard InChI is InChI=1S/C18H26N2O5S/c1-12(2)13(3)19-17(21)11-25-18(22)15-7-8-16-14(10-15)6-5-9-20(16)26(4,23)24/h7-8,10,12-13H,5-6,9,11H2,1-4H3,(H,19,21)/t13-/m0/s1. The number of hydrogen-bond acceptors (Lipinski definition) is 5. The molecule has 26 heavy (non-hydrogen) atoms. The van der Waals surface area contributed by atoms with Crippen molar-refractivity contribution >= 4 is 27.6 Å². The third-order valence-electron chi connectivity index (χ3n) is 4.51. The molecule has 0 fully saturated rings. The summed E-state index contributed by atoms with van der Waals surface area (Å²) in [5.41, 5.74) is 1.69. The van der Waals surface area contributed by atoms with E-state index < -0.39 is 16.0 Å². The lowest BCUT2D eigenvalue weighted by atomic mass is 10.0. The lowest BCUT2D eigenvalue weighted by Crippen LogP contribution is -2.38. The Morgan fingerprint density at radius 2 is 1.96 bits per heavy atom. The van der Waals surface area contributed by atoms with Gasteiger partial charge in [0, 0.05) is 12.6 Å². The number of rotatable bonds is 6. The highest BCUT2D eigenvalue weighted by atomic mass is 32.2. The first kappa shape index (κ1) is 20.2. The van der Waals surface area contributed by atoms with E-state index >= 15 is 0 Å². The van der Waals surface area contributed by atoms with Crippen LogP contribution in [0.25, 0.3) is 0 Å². The zero-order valence-electron chi connectivity index (χ0n) is 15.6. The number of aryl methyl sites for hydroxylation is 1. The molecule has 0 unspecified atom stereocenters. The molecular formula is C18H26N2O5S. The highest BCUT2D eigenvalue weighted by molar-refractivity contribution is 7.92. The molecule has 0 aromatic heterocycles. The van der Waals surface area contributed by atoms with Crippen molar-refractivity contribution in [1.29, 1.82) is 0 Å². The smallest absolute Gasteiger partial charge is 0.338 e. The number of esters is 1. The predicted octanol–water partition coefficient (Wildman–Crippen LogP) is 1.72. The van der Waals surface area contributed by atoms with Crippen molar-refractivity contribution in [3.63, 3.8) is 0 Å². The molecule has 0 saturated carbocycles. The Morgan fingerprint density at radius 1 is 1.27 bits per heavy atom. The second-order valence-corrected chi connectivity index (χ2v) is 8.87. The number of amides is 1. The number of carbonyl (C=O) groups is 2. The molecule has 0 radical (unpaired) electrons. The van der Waals surface area contributed by atoms with Gasteiger partial charge < -0.3 is 10.1 Å². The van der Waals surface area contributed by atoms with Crippen molar-refractivity contribution in [3.05, 3.63) is 29.3 Å². The molecule has 7 nitrogen and oxygen atoms in total. The highest BCUT2D eigenvalue weighted by Gasteiger charge is 2.25. The third kappa shape index (κ3) is 4.97. The van der Waals surface area contributed by atoms with Gasteiger partial charge >= 0.3 is 5.97 Å². The molecule has 0 bridgehead atoms. The zero-order chi connectivity index (χ0) is 19.5. The lowest BCUT2D eigenvalue weighted by molar-refractivity contribution is -0.125. The Bertz CT molecular complexity index is 789. The molecule has 1 aliphatic rings. The van der Waals surface area contributed by atoms with Crippen LogP contribution in [0, 0.1) is 5.92 Å². The molecule has 1 heterocycles. The number of nitrogens with one attached hydrogen (secondary N) is 1. The van der Waals surface area contributed by atoms with Crippen molar-refractivity contribution in [2.75, 3.05) is 23.7 Å². The van der Waals surface area contributed by atoms with Gasteiger partial charge in [0.1, 0.15) is 0 Å². The number of benzene rings is 1. The lowest BCUT2D eigenvalue weighted by Gasteiger charge is -2.29. The minimum atomic E-state index is -3.35. The van der Waals surface area contributed by atoms with Crippen LogP contribution in [-0.4, -0.2) is 45.7 Å². The van der Waals surface area contributed by atoms with E-state index in [1.54, 1.807) is 12.1 Å². The Morgan fingerprint density at radius 3 is 2.58 bits per heavy atom. The van der Waals surface area contributed by atoms with Crippen LogP contribution in [-0.2, 0) is 26.0 Å². The van der Waals surface area contributed by atoms with Crippen LogP contribution in [0.5, 0.6) is 0 Å². The van der Waals surface area contributed by atoms with Crippen LogP contribution in [0.2, 0.25) is 0 Å². The summed E-state index contributed by atoms with van der Waals surface area (Å²) >= 11 is 0. The van der Waals surface area contributed by atoms with E-state index in [4.69, 9.17) is 4.74 Å². The Labute approximate surface area is 154 Å². The van der Waals surface area contributed by atoms with E-state index in [2.05, 4.69) is 5.32 Å². The van der Waals surface area contributed by atoms with Gasteiger partial charge in [-0.05, 0) is 49.4 Å². The first-order valence-corrected chi connectivity index (χ1v) is 10.5. The van der Waals surface area contributed by atoms with Crippen molar-refractivity contribution in [3.8, 4) is 0 Å². The number of anilines is 1. The van der Waals surface area contributed by atoms with E-state index in [0.717, 1.165) is 5.56 Å². The number of sulfonamides is 1. The largest absolute Gasteiger partial charge is 0.452 e. The fourth-order valence-electron chi connectivity index (χ4n) is 2.71. The van der Waals surface area contributed by atoms with E-state index in [1.807, 2.05) is 20.8 Å². The number of carbonyl (C=O) groups excluding carboxylic acids is 2. The normalized spacial score (nSPS) is 15.3. The summed E-state index contributed by atoms with van der Waals surface area (Å²) in [4.78, 5) is 24.0. The van der Waals surface area contributed by atoms with Gasteiger partial charge in [-0.15, -0.1) is 0 Å². The summed E-state index contributed by atoms with van der Waals surface area (Å²) in [5.74, 6) is -0.662. The molecule has 0 saturated heterocycles. The maximum absolute atomic E-state index is 12.2. The maximum Gasteiger partial charge on any atom is 0.338 e. The van der Waals surface area contributed by atoms with Crippen LogP contribution in [0.1, 0.15) is 43.1 Å². The molecule has 1 N–H and O–H groups in total. The molecule has 1 aliphatic heterocycles. The molecule has 1 aromatic carbocycles. The van der Waals surface area contributed by atoms with Crippen LogP contribution >= 0.6 is 0 Å². The van der Waals surface area contributed by atoms with Crippen LogP contribution in [0.4, 0.5) is 5.69 Å². The fourth-order valence-corrected chi connectivity index (χ4v) is 3.71. The van der Waals surface area contributed by atoms with Gasteiger partial charge in [0.25, 0.3) is 5.91 Å². The van der Waals surface area contributed by atoms with Crippen molar-refractivity contribution in [2.45, 2.75) is 39.7 Å². The Hall–Kier alpha value is -2.09. The summed E-state index contributed by atoms with van der Waals surface area (Å²) in [6.07, 6.45) is 2.55. The van der Waals surface area contributed by atoms with Gasteiger partial charge in [-0.3, -0.25) is 9.10 Å². The van der Waals surface area contributed by atoms with Crippen molar-refractivity contribution < 1.29 is 22.7 Å². The van der Waals surface area contributed by atoms with Gasteiger partial charge in [0.15, 0.2) is 6.61 Å². The van der Waals surface area contributed by atoms with Gasteiger partial charge in [0.05, 0.1) is 17.5 Å². The Kier molecular flexibility index (Phi) is 6.28.